The first-order chi connectivity index (χ1) is 13.6. The minimum absolute atomic E-state index is 0.0351. The number of thiazole rings is 1. The van der Waals surface area contributed by atoms with Crippen molar-refractivity contribution >= 4 is 28.1 Å². The van der Waals surface area contributed by atoms with Crippen molar-refractivity contribution in [2.45, 2.75) is 26.8 Å². The Morgan fingerprint density at radius 1 is 1.11 bits per heavy atom. The molecular formula is C23H23N3OS. The molecule has 4 rings (SSSR count). The number of hydrogen-bond donors (Lipinski definition) is 1. The largest absolute Gasteiger partial charge is 0.352 e. The second kappa shape index (κ2) is 7.98. The van der Waals surface area contributed by atoms with Gasteiger partial charge in [-0.3, -0.25) is 4.79 Å². The Kier molecular flexibility index (Phi) is 5.26. The van der Waals surface area contributed by atoms with E-state index in [4.69, 9.17) is 0 Å². The Balaban J connectivity index is 1.53. The van der Waals surface area contributed by atoms with Crippen LogP contribution in [0, 0.1) is 13.8 Å². The second-order valence-corrected chi connectivity index (χ2v) is 8.00. The van der Waals surface area contributed by atoms with Gasteiger partial charge in [0, 0.05) is 47.7 Å². The summed E-state index contributed by atoms with van der Waals surface area (Å²) in [5.74, 6) is -0.0351. The number of hydrogen-bond acceptors (Lipinski definition) is 3. The Morgan fingerprint density at radius 3 is 2.64 bits per heavy atom. The summed E-state index contributed by atoms with van der Waals surface area (Å²) in [5.41, 5.74) is 5.29. The van der Waals surface area contributed by atoms with Gasteiger partial charge < -0.3 is 9.88 Å². The van der Waals surface area contributed by atoms with Gasteiger partial charge in [0.25, 0.3) is 5.91 Å². The van der Waals surface area contributed by atoms with Gasteiger partial charge in [-0.15, -0.1) is 11.3 Å². The first-order valence-corrected chi connectivity index (χ1v) is 10.3. The van der Waals surface area contributed by atoms with E-state index in [1.807, 2.05) is 36.7 Å². The molecule has 142 valence electrons. The van der Waals surface area contributed by atoms with Crippen molar-refractivity contribution in [1.82, 2.24) is 14.9 Å². The van der Waals surface area contributed by atoms with E-state index in [1.54, 1.807) is 11.3 Å². The summed E-state index contributed by atoms with van der Waals surface area (Å²) < 4.78 is 2.15. The summed E-state index contributed by atoms with van der Waals surface area (Å²) in [7, 11) is 0. The average molecular weight is 390 g/mol. The number of rotatable bonds is 6. The van der Waals surface area contributed by atoms with Crippen molar-refractivity contribution in [2.75, 3.05) is 6.54 Å². The minimum atomic E-state index is -0.0351. The van der Waals surface area contributed by atoms with Crippen molar-refractivity contribution in [2.24, 2.45) is 0 Å². The first-order valence-electron chi connectivity index (χ1n) is 9.43. The predicted octanol–water partition coefficient (Wildman–Crippen LogP) is 4.74. The Hall–Kier alpha value is -2.92. The van der Waals surface area contributed by atoms with Gasteiger partial charge in [0.15, 0.2) is 0 Å². The lowest BCUT2D eigenvalue weighted by atomic mass is 10.1. The molecule has 0 atom stereocenters. The molecule has 0 fully saturated rings. The van der Waals surface area contributed by atoms with E-state index in [2.05, 4.69) is 52.1 Å². The predicted molar refractivity (Wildman–Crippen MR) is 115 cm³/mol. The van der Waals surface area contributed by atoms with Crippen LogP contribution in [-0.4, -0.2) is 22.0 Å². The van der Waals surface area contributed by atoms with E-state index in [-0.39, 0.29) is 5.91 Å². The van der Waals surface area contributed by atoms with Gasteiger partial charge in [0.1, 0.15) is 0 Å². The molecule has 1 N–H and O–H groups in total. The topological polar surface area (TPSA) is 46.9 Å². The SMILES string of the molecule is Cc1ccc(Cn2cc(C(=O)NCCc3nc(C)cs3)c3ccccc32)cc1. The number of para-hydroxylation sites is 1. The van der Waals surface area contributed by atoms with E-state index >= 15 is 0 Å². The van der Waals surface area contributed by atoms with E-state index in [1.165, 1.54) is 11.1 Å². The van der Waals surface area contributed by atoms with E-state index in [0.29, 0.717) is 6.54 Å². The molecule has 28 heavy (non-hydrogen) atoms. The van der Waals surface area contributed by atoms with E-state index in [9.17, 15) is 4.79 Å². The first kappa shape index (κ1) is 18.4. The van der Waals surface area contributed by atoms with Crippen LogP contribution in [0.3, 0.4) is 0 Å². The highest BCUT2D eigenvalue weighted by Crippen LogP contribution is 2.22. The summed E-state index contributed by atoms with van der Waals surface area (Å²) >= 11 is 1.64. The lowest BCUT2D eigenvalue weighted by Gasteiger charge is -2.06. The van der Waals surface area contributed by atoms with Crippen LogP contribution in [0.4, 0.5) is 0 Å². The lowest BCUT2D eigenvalue weighted by Crippen LogP contribution is -2.25. The Morgan fingerprint density at radius 2 is 1.89 bits per heavy atom. The zero-order valence-corrected chi connectivity index (χ0v) is 16.9. The number of nitrogens with one attached hydrogen (secondary N) is 1. The molecule has 0 aliphatic carbocycles. The number of aryl methyl sites for hydroxylation is 2. The van der Waals surface area contributed by atoms with Gasteiger partial charge in [-0.05, 0) is 25.5 Å². The molecule has 2 aromatic carbocycles. The number of aromatic nitrogens is 2. The highest BCUT2D eigenvalue weighted by Gasteiger charge is 2.15. The highest BCUT2D eigenvalue weighted by molar-refractivity contribution is 7.09. The van der Waals surface area contributed by atoms with Crippen LogP contribution in [0.15, 0.2) is 60.1 Å². The molecule has 4 nitrogen and oxygen atoms in total. The molecule has 1 amide bonds. The maximum Gasteiger partial charge on any atom is 0.253 e. The van der Waals surface area contributed by atoms with Gasteiger partial charge >= 0.3 is 0 Å². The maximum absolute atomic E-state index is 12.8. The molecule has 0 aliphatic heterocycles. The van der Waals surface area contributed by atoms with Crippen LogP contribution >= 0.6 is 11.3 Å². The van der Waals surface area contributed by atoms with Crippen LogP contribution in [0.5, 0.6) is 0 Å². The van der Waals surface area contributed by atoms with Crippen molar-refractivity contribution in [3.8, 4) is 0 Å². The van der Waals surface area contributed by atoms with E-state index in [0.717, 1.165) is 40.1 Å². The molecule has 0 unspecified atom stereocenters. The van der Waals surface area contributed by atoms with Crippen molar-refractivity contribution in [3.63, 3.8) is 0 Å². The van der Waals surface area contributed by atoms with Gasteiger partial charge in [0.05, 0.1) is 10.6 Å². The Labute approximate surface area is 168 Å². The van der Waals surface area contributed by atoms with Crippen LogP contribution in [-0.2, 0) is 13.0 Å². The summed E-state index contributed by atoms with van der Waals surface area (Å²) in [6.07, 6.45) is 2.72. The van der Waals surface area contributed by atoms with Crippen LogP contribution in [0.25, 0.3) is 10.9 Å². The third kappa shape index (κ3) is 3.99. The van der Waals surface area contributed by atoms with Gasteiger partial charge in [-0.25, -0.2) is 4.98 Å². The van der Waals surface area contributed by atoms with Gasteiger partial charge in [-0.2, -0.15) is 0 Å². The molecule has 4 aromatic rings. The molecule has 2 aromatic heterocycles. The molecule has 0 saturated heterocycles. The fourth-order valence-electron chi connectivity index (χ4n) is 3.34. The molecule has 5 heteroatoms. The third-order valence-electron chi connectivity index (χ3n) is 4.80. The number of carbonyl (C=O) groups is 1. The highest BCUT2D eigenvalue weighted by atomic mass is 32.1. The number of amides is 1. The maximum atomic E-state index is 12.8. The quantitative estimate of drug-likeness (QED) is 0.518. The third-order valence-corrected chi connectivity index (χ3v) is 5.82. The van der Waals surface area contributed by atoms with Crippen LogP contribution < -0.4 is 5.32 Å². The smallest absolute Gasteiger partial charge is 0.253 e. The summed E-state index contributed by atoms with van der Waals surface area (Å²) in [4.78, 5) is 17.3. The molecular weight excluding hydrogens is 366 g/mol. The molecule has 0 radical (unpaired) electrons. The second-order valence-electron chi connectivity index (χ2n) is 7.06. The van der Waals surface area contributed by atoms with Crippen molar-refractivity contribution in [1.29, 1.82) is 0 Å². The fourth-order valence-corrected chi connectivity index (χ4v) is 4.12. The standard InChI is InChI=1S/C23H23N3OS/c1-16-7-9-18(10-8-16)13-26-14-20(19-5-3-4-6-21(19)26)23(27)24-12-11-22-25-17(2)15-28-22/h3-10,14-15H,11-13H2,1-2H3,(H,24,27). The normalized spacial score (nSPS) is 11.1. The molecule has 0 spiro atoms. The molecule has 0 aliphatic rings. The van der Waals surface area contributed by atoms with Crippen LogP contribution in [0.1, 0.15) is 32.2 Å². The zero-order valence-electron chi connectivity index (χ0n) is 16.1. The average Bonchev–Trinajstić information content (AvgIpc) is 3.27. The zero-order chi connectivity index (χ0) is 19.5. The van der Waals surface area contributed by atoms with Gasteiger partial charge in [0.2, 0.25) is 0 Å². The monoisotopic (exact) mass is 389 g/mol. The number of carbonyl (C=O) groups excluding carboxylic acids is 1. The summed E-state index contributed by atoms with van der Waals surface area (Å²) in [5, 5.41) is 7.12. The number of benzene rings is 2. The molecule has 0 bridgehead atoms. The van der Waals surface area contributed by atoms with Crippen molar-refractivity contribution in [3.05, 3.63) is 87.5 Å². The lowest BCUT2D eigenvalue weighted by molar-refractivity contribution is 0.0955. The number of nitrogens with zero attached hydrogens (tertiary/aromatic N) is 2. The van der Waals surface area contributed by atoms with Crippen LogP contribution in [0.2, 0.25) is 0 Å². The summed E-state index contributed by atoms with van der Waals surface area (Å²) in [6.45, 7) is 5.40. The minimum Gasteiger partial charge on any atom is -0.352 e. The number of fused-ring (bicyclic) bond motifs is 1. The van der Waals surface area contributed by atoms with Gasteiger partial charge in [-0.1, -0.05) is 48.0 Å². The molecule has 2 heterocycles. The Bertz CT molecular complexity index is 1110. The molecule has 0 saturated carbocycles. The summed E-state index contributed by atoms with van der Waals surface area (Å²) in [6, 6.07) is 16.6. The fraction of sp³-hybridized carbons (Fsp3) is 0.217. The van der Waals surface area contributed by atoms with Crippen molar-refractivity contribution < 1.29 is 4.79 Å². The van der Waals surface area contributed by atoms with E-state index < -0.39 is 0 Å².